The van der Waals surface area contributed by atoms with Gasteiger partial charge in [0.25, 0.3) is 0 Å². The summed E-state index contributed by atoms with van der Waals surface area (Å²) in [6.45, 7) is 14.3. The summed E-state index contributed by atoms with van der Waals surface area (Å²) in [7, 11) is 0. The van der Waals surface area contributed by atoms with E-state index in [0.717, 1.165) is 38.5 Å². The first kappa shape index (κ1) is 34.1. The standard InChI is InChI=1S/C36H60O10/c1-30(2)22(45-29-26(42)25(41)24(40)20(16-37)44-29)9-11-36-17-35(36)13-12-32(5)28(34(7)10-8-23(46-34)31(3,4)43)19(39)15-33(32,6)21(35)14-18(38)27(30)36/h18-29,37-43H,8-17H2,1-7H3/t18-,19-,20+,21-,22-,23-,24+,25-,26+,27-,28-,29+,32+,33-,34+,35-,36+/m0/s1. The summed E-state index contributed by atoms with van der Waals surface area (Å²) in [6, 6.07) is 0. The van der Waals surface area contributed by atoms with Crippen LogP contribution in [0.4, 0.5) is 0 Å². The number of hydrogen-bond donors (Lipinski definition) is 7. The summed E-state index contributed by atoms with van der Waals surface area (Å²) in [5, 5.41) is 75.9. The van der Waals surface area contributed by atoms with Gasteiger partial charge in [-0.3, -0.25) is 0 Å². The molecule has 2 aliphatic heterocycles. The van der Waals surface area contributed by atoms with Gasteiger partial charge >= 0.3 is 0 Å². The largest absolute Gasteiger partial charge is 0.394 e. The lowest BCUT2D eigenvalue weighted by Gasteiger charge is -2.64. The second kappa shape index (κ2) is 10.3. The van der Waals surface area contributed by atoms with E-state index in [1.165, 1.54) is 0 Å². The zero-order valence-electron chi connectivity index (χ0n) is 28.9. The molecule has 7 N–H and O–H groups in total. The van der Waals surface area contributed by atoms with Crippen LogP contribution in [0.1, 0.15) is 106 Å². The molecule has 7 aliphatic rings. The topological polar surface area (TPSA) is 169 Å². The van der Waals surface area contributed by atoms with E-state index < -0.39 is 66.1 Å². The van der Waals surface area contributed by atoms with Crippen LogP contribution in [-0.2, 0) is 14.2 Å². The molecule has 7 rings (SSSR count). The monoisotopic (exact) mass is 652 g/mol. The summed E-state index contributed by atoms with van der Waals surface area (Å²) in [5.41, 5.74) is -2.26. The third-order valence-electron chi connectivity index (χ3n) is 15.9. The van der Waals surface area contributed by atoms with Gasteiger partial charge in [-0.2, -0.15) is 0 Å². The number of aliphatic hydroxyl groups is 7. The Morgan fingerprint density at radius 3 is 2.11 bits per heavy atom. The van der Waals surface area contributed by atoms with Crippen molar-refractivity contribution in [3.8, 4) is 0 Å². The number of rotatable bonds is 5. The maximum atomic E-state index is 12.2. The van der Waals surface area contributed by atoms with Crippen molar-refractivity contribution in [1.29, 1.82) is 0 Å². The molecule has 0 aromatic carbocycles. The first-order valence-corrected chi connectivity index (χ1v) is 17.9. The number of fused-ring (bicyclic) bond motifs is 2. The van der Waals surface area contributed by atoms with Crippen molar-refractivity contribution in [2.24, 2.45) is 44.8 Å². The van der Waals surface area contributed by atoms with Crippen LogP contribution in [0.25, 0.3) is 0 Å². The Labute approximate surface area is 273 Å². The van der Waals surface area contributed by atoms with Crippen molar-refractivity contribution in [3.63, 3.8) is 0 Å². The molecule has 2 saturated heterocycles. The molecule has 10 heteroatoms. The zero-order valence-corrected chi connectivity index (χ0v) is 28.9. The first-order chi connectivity index (χ1) is 21.2. The molecule has 0 amide bonds. The van der Waals surface area contributed by atoms with Gasteiger partial charge in [0.2, 0.25) is 0 Å². The van der Waals surface area contributed by atoms with E-state index in [2.05, 4.69) is 34.6 Å². The number of aliphatic hydroxyl groups excluding tert-OH is 6. The molecule has 0 aromatic rings. The molecule has 5 saturated carbocycles. The van der Waals surface area contributed by atoms with Gasteiger partial charge in [-0.05, 0) is 117 Å². The average Bonchev–Trinajstić information content (AvgIpc) is 3.31. The Hall–Kier alpha value is -0.400. The van der Waals surface area contributed by atoms with Crippen LogP contribution < -0.4 is 0 Å². The fraction of sp³-hybridized carbons (Fsp3) is 1.00. The molecular formula is C36H60O10. The molecule has 2 heterocycles. The third-order valence-corrected chi connectivity index (χ3v) is 15.9. The number of ether oxygens (including phenoxy) is 3. The van der Waals surface area contributed by atoms with Crippen LogP contribution in [0.2, 0.25) is 0 Å². The van der Waals surface area contributed by atoms with Crippen LogP contribution in [0.15, 0.2) is 0 Å². The minimum Gasteiger partial charge on any atom is -0.394 e. The highest BCUT2D eigenvalue weighted by Crippen LogP contribution is 2.89. The molecule has 2 spiro atoms. The zero-order chi connectivity index (χ0) is 33.6. The second-order valence-corrected chi connectivity index (χ2v) is 18.7. The molecule has 46 heavy (non-hydrogen) atoms. The molecule has 5 aliphatic carbocycles. The van der Waals surface area contributed by atoms with Gasteiger partial charge in [-0.15, -0.1) is 0 Å². The van der Waals surface area contributed by atoms with E-state index in [4.69, 9.17) is 14.2 Å². The van der Waals surface area contributed by atoms with E-state index in [1.807, 2.05) is 13.8 Å². The predicted octanol–water partition coefficient (Wildman–Crippen LogP) is 2.26. The smallest absolute Gasteiger partial charge is 0.186 e. The van der Waals surface area contributed by atoms with Gasteiger partial charge in [0, 0.05) is 5.92 Å². The van der Waals surface area contributed by atoms with Crippen molar-refractivity contribution in [1.82, 2.24) is 0 Å². The normalized spacial score (nSPS) is 59.3. The quantitative estimate of drug-likeness (QED) is 0.219. The van der Waals surface area contributed by atoms with Gasteiger partial charge in [-0.1, -0.05) is 27.7 Å². The molecule has 17 atom stereocenters. The Bertz CT molecular complexity index is 1200. The maximum Gasteiger partial charge on any atom is 0.186 e. The van der Waals surface area contributed by atoms with Crippen molar-refractivity contribution in [2.75, 3.05) is 6.61 Å². The van der Waals surface area contributed by atoms with Crippen molar-refractivity contribution < 1.29 is 50.0 Å². The Kier molecular flexibility index (Phi) is 7.65. The van der Waals surface area contributed by atoms with E-state index in [9.17, 15) is 35.7 Å². The Balaban J connectivity index is 1.15. The highest BCUT2D eigenvalue weighted by atomic mass is 16.7. The molecular weight excluding hydrogens is 592 g/mol. The molecule has 7 fully saturated rings. The average molecular weight is 653 g/mol. The summed E-state index contributed by atoms with van der Waals surface area (Å²) in [5.74, 6) is 0.176. The van der Waals surface area contributed by atoms with Gasteiger partial charge in [-0.25, -0.2) is 0 Å². The van der Waals surface area contributed by atoms with Crippen LogP contribution in [-0.4, -0.2) is 109 Å². The summed E-state index contributed by atoms with van der Waals surface area (Å²) < 4.78 is 18.8. The SMILES string of the molecule is CC(C)(O)[C@@H]1CC[C@](C)([C@H]2[C@@H](O)C[C@@]3(C)[C@@H]4C[C@H](O)[C@H]5C(C)(C)[C@@H](O[C@H]6O[C@H](CO)[C@@H](O)[C@H](O)[C@H]6O)CC[C@@]56C[C@@]46CC[C@]23C)O1. The van der Waals surface area contributed by atoms with E-state index in [0.29, 0.717) is 19.3 Å². The maximum absolute atomic E-state index is 12.2. The number of hydrogen-bond acceptors (Lipinski definition) is 10. The van der Waals surface area contributed by atoms with E-state index in [-0.39, 0.29) is 51.6 Å². The minimum atomic E-state index is -1.50. The van der Waals surface area contributed by atoms with Crippen molar-refractivity contribution in [3.05, 3.63) is 0 Å². The summed E-state index contributed by atoms with van der Waals surface area (Å²) in [4.78, 5) is 0. The minimum absolute atomic E-state index is 0.0295. The molecule has 264 valence electrons. The van der Waals surface area contributed by atoms with Crippen molar-refractivity contribution in [2.45, 2.75) is 173 Å². The Morgan fingerprint density at radius 1 is 0.783 bits per heavy atom. The summed E-state index contributed by atoms with van der Waals surface area (Å²) >= 11 is 0. The van der Waals surface area contributed by atoms with Crippen LogP contribution in [0.5, 0.6) is 0 Å². The first-order valence-electron chi connectivity index (χ1n) is 17.9. The van der Waals surface area contributed by atoms with E-state index >= 15 is 0 Å². The fourth-order valence-electron chi connectivity index (χ4n) is 13.7. The van der Waals surface area contributed by atoms with Crippen LogP contribution in [0, 0.1) is 44.8 Å². The van der Waals surface area contributed by atoms with Gasteiger partial charge in [0.15, 0.2) is 6.29 Å². The molecule has 0 bridgehead atoms. The molecule has 0 unspecified atom stereocenters. The second-order valence-electron chi connectivity index (χ2n) is 18.7. The molecule has 0 aromatic heterocycles. The lowest BCUT2D eigenvalue weighted by atomic mass is 9.41. The highest BCUT2D eigenvalue weighted by molar-refractivity contribution is 5.33. The lowest BCUT2D eigenvalue weighted by Crippen LogP contribution is -2.64. The lowest BCUT2D eigenvalue weighted by molar-refractivity contribution is -0.329. The molecule has 10 nitrogen and oxygen atoms in total. The predicted molar refractivity (Wildman–Crippen MR) is 167 cm³/mol. The third kappa shape index (κ3) is 4.24. The molecule has 0 radical (unpaired) electrons. The summed E-state index contributed by atoms with van der Waals surface area (Å²) in [6.07, 6.45) is -0.708. The fourth-order valence-corrected chi connectivity index (χ4v) is 13.7. The van der Waals surface area contributed by atoms with Crippen LogP contribution in [0.3, 0.4) is 0 Å². The van der Waals surface area contributed by atoms with Gasteiger partial charge < -0.3 is 50.0 Å². The van der Waals surface area contributed by atoms with E-state index in [1.54, 1.807) is 0 Å². The van der Waals surface area contributed by atoms with Crippen LogP contribution >= 0.6 is 0 Å². The van der Waals surface area contributed by atoms with Gasteiger partial charge in [0.05, 0.1) is 42.2 Å². The van der Waals surface area contributed by atoms with Gasteiger partial charge in [0.1, 0.15) is 24.4 Å². The highest BCUT2D eigenvalue weighted by Gasteiger charge is 2.85. The van der Waals surface area contributed by atoms with Crippen molar-refractivity contribution >= 4 is 0 Å². The Morgan fingerprint density at radius 2 is 1.48 bits per heavy atom.